The van der Waals surface area contributed by atoms with E-state index in [-0.39, 0.29) is 6.42 Å². The molecule has 1 atom stereocenters. The van der Waals surface area contributed by atoms with E-state index in [0.717, 1.165) is 23.3 Å². The Balaban J connectivity index is 2.22. The normalized spacial score (nSPS) is 16.5. The first-order valence-electron chi connectivity index (χ1n) is 8.10. The number of hydrogen-bond acceptors (Lipinski definition) is 3. The van der Waals surface area contributed by atoms with Gasteiger partial charge in [-0.1, -0.05) is 37.3 Å². The topological polar surface area (TPSA) is 55.8 Å². The quantitative estimate of drug-likeness (QED) is 0.812. The number of rotatable bonds is 7. The Labute approximate surface area is 143 Å². The minimum atomic E-state index is -1.33. The van der Waals surface area contributed by atoms with Crippen LogP contribution in [0.1, 0.15) is 32.3 Å². The van der Waals surface area contributed by atoms with Crippen molar-refractivity contribution in [1.29, 1.82) is 0 Å². The van der Waals surface area contributed by atoms with Crippen molar-refractivity contribution in [3.63, 3.8) is 0 Å². The summed E-state index contributed by atoms with van der Waals surface area (Å²) >= 11 is 0. The third kappa shape index (κ3) is 4.28. The van der Waals surface area contributed by atoms with Crippen LogP contribution in [0.5, 0.6) is 5.75 Å². The third-order valence-electron chi connectivity index (χ3n) is 4.08. The van der Waals surface area contributed by atoms with Gasteiger partial charge < -0.3 is 14.6 Å². The highest BCUT2D eigenvalue weighted by Crippen LogP contribution is 2.29. The van der Waals surface area contributed by atoms with Crippen LogP contribution in [0.15, 0.2) is 59.9 Å². The molecule has 1 unspecified atom stereocenters. The van der Waals surface area contributed by atoms with Crippen molar-refractivity contribution in [1.82, 2.24) is 0 Å². The van der Waals surface area contributed by atoms with Crippen LogP contribution in [0.3, 0.4) is 0 Å². The maximum Gasteiger partial charge on any atom is 0.348 e. The standard InChI is InChI=1S/C20H24O4/c1-4-16-9-5-6-11-18(16)24-20(2,19(21)22)14-15-8-7-10-17(23-3)13-12-15/h5-6,8-13H,4,7,14H2,1-3H3,(H,21,22). The van der Waals surface area contributed by atoms with Gasteiger partial charge in [0.25, 0.3) is 0 Å². The summed E-state index contributed by atoms with van der Waals surface area (Å²) in [5.74, 6) is 0.418. The van der Waals surface area contributed by atoms with E-state index >= 15 is 0 Å². The van der Waals surface area contributed by atoms with Gasteiger partial charge in [-0.25, -0.2) is 4.79 Å². The number of aliphatic carboxylic acids is 1. The van der Waals surface area contributed by atoms with Gasteiger partial charge in [0.15, 0.2) is 0 Å². The zero-order valence-electron chi connectivity index (χ0n) is 14.4. The minimum absolute atomic E-state index is 0.279. The largest absolute Gasteiger partial charge is 0.497 e. The zero-order chi connectivity index (χ0) is 17.6. The van der Waals surface area contributed by atoms with Gasteiger partial charge in [-0.3, -0.25) is 0 Å². The van der Waals surface area contributed by atoms with Crippen molar-refractivity contribution in [2.75, 3.05) is 7.11 Å². The van der Waals surface area contributed by atoms with Gasteiger partial charge in [-0.2, -0.15) is 0 Å². The van der Waals surface area contributed by atoms with Crippen LogP contribution in [0, 0.1) is 0 Å². The molecule has 2 rings (SSSR count). The molecule has 0 saturated carbocycles. The lowest BCUT2D eigenvalue weighted by atomic mass is 9.95. The molecule has 0 aliphatic heterocycles. The first kappa shape index (κ1) is 17.9. The second-order valence-electron chi connectivity index (χ2n) is 5.93. The van der Waals surface area contributed by atoms with Gasteiger partial charge in [0.1, 0.15) is 11.5 Å². The Hall–Kier alpha value is -2.49. The molecule has 0 fully saturated rings. The molecule has 4 nitrogen and oxygen atoms in total. The SMILES string of the molecule is CCc1ccccc1OC(C)(CC1=CCC=C(OC)C=C1)C(=O)O. The number of benzene rings is 1. The van der Waals surface area contributed by atoms with E-state index in [4.69, 9.17) is 9.47 Å². The number of carbonyl (C=O) groups is 1. The predicted molar refractivity (Wildman–Crippen MR) is 94.0 cm³/mol. The fourth-order valence-corrected chi connectivity index (χ4v) is 2.62. The Morgan fingerprint density at radius 1 is 1.25 bits per heavy atom. The summed E-state index contributed by atoms with van der Waals surface area (Å²) in [4.78, 5) is 11.9. The van der Waals surface area contributed by atoms with Gasteiger partial charge in [0, 0.05) is 6.42 Å². The molecule has 0 saturated heterocycles. The molecule has 1 aliphatic carbocycles. The summed E-state index contributed by atoms with van der Waals surface area (Å²) in [6.45, 7) is 3.64. The van der Waals surface area contributed by atoms with Crippen LogP contribution in [0.2, 0.25) is 0 Å². The summed E-state index contributed by atoms with van der Waals surface area (Å²) in [5, 5.41) is 9.74. The molecule has 0 aromatic heterocycles. The molecule has 0 radical (unpaired) electrons. The van der Waals surface area contributed by atoms with Gasteiger partial charge in [0.05, 0.1) is 7.11 Å². The average Bonchev–Trinajstić information content (AvgIpc) is 2.80. The van der Waals surface area contributed by atoms with Crippen molar-refractivity contribution in [3.05, 3.63) is 65.5 Å². The molecule has 4 heteroatoms. The smallest absolute Gasteiger partial charge is 0.348 e. The van der Waals surface area contributed by atoms with E-state index in [1.165, 1.54) is 0 Å². The van der Waals surface area contributed by atoms with Gasteiger partial charge in [0.2, 0.25) is 5.60 Å². The molecule has 0 spiro atoms. The highest BCUT2D eigenvalue weighted by molar-refractivity contribution is 5.78. The molecule has 0 amide bonds. The molecule has 1 N–H and O–H groups in total. The summed E-state index contributed by atoms with van der Waals surface area (Å²) in [5.41, 5.74) is 0.579. The number of carboxylic acids is 1. The highest BCUT2D eigenvalue weighted by atomic mass is 16.5. The minimum Gasteiger partial charge on any atom is -0.497 e. The van der Waals surface area contributed by atoms with Crippen molar-refractivity contribution in [3.8, 4) is 5.75 Å². The second-order valence-corrected chi connectivity index (χ2v) is 5.93. The maximum absolute atomic E-state index is 11.9. The first-order valence-corrected chi connectivity index (χ1v) is 8.10. The van der Waals surface area contributed by atoms with Gasteiger partial charge >= 0.3 is 5.97 Å². The Kier molecular flexibility index (Phi) is 5.85. The Bertz CT molecular complexity index is 685. The van der Waals surface area contributed by atoms with Crippen LogP contribution >= 0.6 is 0 Å². The van der Waals surface area contributed by atoms with E-state index in [2.05, 4.69) is 0 Å². The predicted octanol–water partition coefficient (Wildman–Crippen LogP) is 4.28. The fraction of sp³-hybridized carbons (Fsp3) is 0.350. The van der Waals surface area contributed by atoms with E-state index in [9.17, 15) is 9.90 Å². The second kappa shape index (κ2) is 7.86. The van der Waals surface area contributed by atoms with Gasteiger partial charge in [-0.05, 0) is 49.1 Å². The molecule has 24 heavy (non-hydrogen) atoms. The van der Waals surface area contributed by atoms with Crippen molar-refractivity contribution in [2.45, 2.75) is 38.7 Å². The molecule has 1 aromatic carbocycles. The molecule has 1 aromatic rings. The maximum atomic E-state index is 11.9. The van der Waals surface area contributed by atoms with E-state index in [1.807, 2.05) is 55.5 Å². The number of ether oxygens (including phenoxy) is 2. The fourth-order valence-electron chi connectivity index (χ4n) is 2.62. The molecular weight excluding hydrogens is 304 g/mol. The van der Waals surface area contributed by atoms with Crippen molar-refractivity contribution in [2.24, 2.45) is 0 Å². The lowest BCUT2D eigenvalue weighted by Gasteiger charge is -2.28. The van der Waals surface area contributed by atoms with Crippen LogP contribution < -0.4 is 4.74 Å². The van der Waals surface area contributed by atoms with E-state index in [1.54, 1.807) is 14.0 Å². The number of aryl methyl sites for hydroxylation is 1. The molecule has 128 valence electrons. The van der Waals surface area contributed by atoms with Crippen LogP contribution in [0.4, 0.5) is 0 Å². The summed E-state index contributed by atoms with van der Waals surface area (Å²) < 4.78 is 11.2. The first-order chi connectivity index (χ1) is 11.5. The van der Waals surface area contributed by atoms with Crippen LogP contribution in [-0.4, -0.2) is 23.8 Å². The summed E-state index contributed by atoms with van der Waals surface area (Å²) in [6, 6.07) is 7.56. The third-order valence-corrected chi connectivity index (χ3v) is 4.08. The molecule has 0 bridgehead atoms. The Morgan fingerprint density at radius 3 is 2.67 bits per heavy atom. The van der Waals surface area contributed by atoms with Gasteiger partial charge in [-0.15, -0.1) is 0 Å². The zero-order valence-corrected chi connectivity index (χ0v) is 14.4. The average molecular weight is 328 g/mol. The lowest BCUT2D eigenvalue weighted by Crippen LogP contribution is -2.42. The number of para-hydroxylation sites is 1. The number of methoxy groups -OCH3 is 1. The van der Waals surface area contributed by atoms with Crippen molar-refractivity contribution < 1.29 is 19.4 Å². The molecule has 1 aliphatic rings. The number of allylic oxidation sites excluding steroid dienone is 4. The van der Waals surface area contributed by atoms with Crippen molar-refractivity contribution >= 4 is 5.97 Å². The highest BCUT2D eigenvalue weighted by Gasteiger charge is 2.36. The van der Waals surface area contributed by atoms with E-state index < -0.39 is 11.6 Å². The Morgan fingerprint density at radius 2 is 2.00 bits per heavy atom. The summed E-state index contributed by atoms with van der Waals surface area (Å²) in [6.07, 6.45) is 9.46. The molecular formula is C20H24O4. The molecule has 0 heterocycles. The van der Waals surface area contributed by atoms with E-state index in [0.29, 0.717) is 12.2 Å². The van der Waals surface area contributed by atoms with Crippen LogP contribution in [0.25, 0.3) is 0 Å². The monoisotopic (exact) mass is 328 g/mol. The number of carboxylic acid groups (broad SMARTS) is 1. The summed E-state index contributed by atoms with van der Waals surface area (Å²) in [7, 11) is 1.62. The number of hydrogen-bond donors (Lipinski definition) is 1. The van der Waals surface area contributed by atoms with Crippen LogP contribution in [-0.2, 0) is 16.0 Å². The lowest BCUT2D eigenvalue weighted by molar-refractivity contribution is -0.153.